The second-order valence-corrected chi connectivity index (χ2v) is 4.76. The van der Waals surface area contributed by atoms with Crippen molar-refractivity contribution in [2.45, 2.75) is 13.3 Å². The van der Waals surface area contributed by atoms with E-state index in [9.17, 15) is 4.79 Å². The number of anilines is 1. The van der Waals surface area contributed by atoms with Crippen LogP contribution in [0.1, 0.15) is 13.3 Å². The van der Waals surface area contributed by atoms with Crippen LogP contribution in [0.4, 0.5) is 5.69 Å². The molecule has 0 aliphatic rings. The van der Waals surface area contributed by atoms with Crippen molar-refractivity contribution in [3.63, 3.8) is 0 Å². The molecule has 1 aromatic carbocycles. The molecular formula is C12H16BrNO2. The van der Waals surface area contributed by atoms with E-state index >= 15 is 0 Å². The monoisotopic (exact) mass is 285 g/mol. The summed E-state index contributed by atoms with van der Waals surface area (Å²) in [5.41, 5.74) is 1.08. The molecule has 1 aromatic rings. The third kappa shape index (κ3) is 3.52. The molecule has 0 amide bonds. The molecule has 88 valence electrons. The first kappa shape index (κ1) is 13.0. The third-order valence-corrected chi connectivity index (χ3v) is 3.25. The molecule has 4 heteroatoms. The van der Waals surface area contributed by atoms with Crippen LogP contribution in [0.5, 0.6) is 0 Å². The fraction of sp³-hybridized carbons (Fsp3) is 0.417. The van der Waals surface area contributed by atoms with E-state index in [2.05, 4.69) is 20.8 Å². The summed E-state index contributed by atoms with van der Waals surface area (Å²) in [7, 11) is 1.97. The molecule has 1 rings (SSSR count). The number of nitrogens with zero attached hydrogens (tertiary/aromatic N) is 1. The Kier molecular flexibility index (Phi) is 4.80. The minimum absolute atomic E-state index is 0.301. The van der Waals surface area contributed by atoms with Crippen molar-refractivity contribution in [3.05, 3.63) is 28.7 Å². The van der Waals surface area contributed by atoms with Crippen molar-refractivity contribution < 1.29 is 9.90 Å². The van der Waals surface area contributed by atoms with Gasteiger partial charge in [-0.3, -0.25) is 4.79 Å². The molecule has 0 saturated heterocycles. The molecule has 0 spiro atoms. The van der Waals surface area contributed by atoms with E-state index in [4.69, 9.17) is 5.11 Å². The number of hydrogen-bond acceptors (Lipinski definition) is 2. The van der Waals surface area contributed by atoms with Crippen LogP contribution < -0.4 is 4.90 Å². The van der Waals surface area contributed by atoms with Gasteiger partial charge in [0.15, 0.2) is 0 Å². The standard InChI is InChI=1S/C12H16BrNO2/c1-9(12(15)16)7-8-14(2)11-6-4-3-5-10(11)13/h3-6,9H,7-8H2,1-2H3,(H,15,16). The van der Waals surface area contributed by atoms with Gasteiger partial charge in [0.25, 0.3) is 0 Å². The van der Waals surface area contributed by atoms with E-state index in [0.717, 1.165) is 16.7 Å². The fourth-order valence-corrected chi connectivity index (χ4v) is 1.98. The third-order valence-electron chi connectivity index (χ3n) is 2.58. The number of benzene rings is 1. The summed E-state index contributed by atoms with van der Waals surface area (Å²) in [5, 5.41) is 8.79. The molecule has 0 radical (unpaired) electrons. The SMILES string of the molecule is CC(CCN(C)c1ccccc1Br)C(=O)O. The Hall–Kier alpha value is -1.03. The smallest absolute Gasteiger partial charge is 0.306 e. The summed E-state index contributed by atoms with van der Waals surface area (Å²) in [5.74, 6) is -1.04. The largest absolute Gasteiger partial charge is 0.481 e. The van der Waals surface area contributed by atoms with Gasteiger partial charge < -0.3 is 10.0 Å². The van der Waals surface area contributed by atoms with Gasteiger partial charge in [0, 0.05) is 18.1 Å². The number of hydrogen-bond donors (Lipinski definition) is 1. The van der Waals surface area contributed by atoms with Gasteiger partial charge in [0.05, 0.1) is 11.6 Å². The molecular weight excluding hydrogens is 270 g/mol. The average molecular weight is 286 g/mol. The van der Waals surface area contributed by atoms with Crippen LogP contribution in [-0.2, 0) is 4.79 Å². The van der Waals surface area contributed by atoms with E-state index in [1.807, 2.05) is 31.3 Å². The number of halogens is 1. The van der Waals surface area contributed by atoms with Crippen molar-refractivity contribution in [1.82, 2.24) is 0 Å². The lowest BCUT2D eigenvalue weighted by atomic mass is 10.1. The first-order chi connectivity index (χ1) is 7.52. The molecule has 0 bridgehead atoms. The van der Waals surface area contributed by atoms with Gasteiger partial charge in [-0.05, 0) is 34.5 Å². The molecule has 1 atom stereocenters. The molecule has 0 aliphatic heterocycles. The highest BCUT2D eigenvalue weighted by Crippen LogP contribution is 2.24. The topological polar surface area (TPSA) is 40.5 Å². The lowest BCUT2D eigenvalue weighted by Gasteiger charge is -2.21. The Morgan fingerprint density at radius 2 is 2.12 bits per heavy atom. The summed E-state index contributed by atoms with van der Waals surface area (Å²) in [6.45, 7) is 2.46. The molecule has 0 saturated carbocycles. The zero-order valence-corrected chi connectivity index (χ0v) is 11.1. The van der Waals surface area contributed by atoms with Crippen molar-refractivity contribution in [2.75, 3.05) is 18.5 Å². The number of carboxylic acid groups (broad SMARTS) is 1. The quantitative estimate of drug-likeness (QED) is 0.904. The predicted octanol–water partition coefficient (Wildman–Crippen LogP) is 3.00. The Balaban J connectivity index is 2.56. The second-order valence-electron chi connectivity index (χ2n) is 3.90. The van der Waals surface area contributed by atoms with E-state index in [1.165, 1.54) is 0 Å². The zero-order chi connectivity index (χ0) is 12.1. The lowest BCUT2D eigenvalue weighted by Crippen LogP contribution is -2.23. The Morgan fingerprint density at radius 1 is 1.50 bits per heavy atom. The van der Waals surface area contributed by atoms with Crippen LogP contribution in [0.2, 0.25) is 0 Å². The van der Waals surface area contributed by atoms with Crippen molar-refractivity contribution in [3.8, 4) is 0 Å². The predicted molar refractivity (Wildman–Crippen MR) is 68.8 cm³/mol. The molecule has 0 aromatic heterocycles. The van der Waals surface area contributed by atoms with Gasteiger partial charge in [-0.15, -0.1) is 0 Å². The fourth-order valence-electron chi connectivity index (χ4n) is 1.39. The van der Waals surface area contributed by atoms with Crippen LogP contribution >= 0.6 is 15.9 Å². The van der Waals surface area contributed by atoms with E-state index < -0.39 is 5.97 Å². The van der Waals surface area contributed by atoms with E-state index in [1.54, 1.807) is 6.92 Å². The Morgan fingerprint density at radius 3 is 2.69 bits per heavy atom. The first-order valence-electron chi connectivity index (χ1n) is 5.21. The van der Waals surface area contributed by atoms with Crippen LogP contribution in [0.25, 0.3) is 0 Å². The summed E-state index contributed by atoms with van der Waals surface area (Å²) in [4.78, 5) is 12.7. The highest BCUT2D eigenvalue weighted by atomic mass is 79.9. The highest BCUT2D eigenvalue weighted by Gasteiger charge is 2.12. The molecule has 16 heavy (non-hydrogen) atoms. The first-order valence-corrected chi connectivity index (χ1v) is 6.00. The molecule has 0 fully saturated rings. The summed E-state index contributed by atoms with van der Waals surface area (Å²) >= 11 is 3.47. The Bertz CT molecular complexity index is 368. The molecule has 1 unspecified atom stereocenters. The lowest BCUT2D eigenvalue weighted by molar-refractivity contribution is -0.141. The molecule has 3 nitrogen and oxygen atoms in total. The molecule has 1 N–H and O–H groups in total. The maximum atomic E-state index is 10.7. The number of carboxylic acids is 1. The maximum absolute atomic E-state index is 10.7. The van der Waals surface area contributed by atoms with Crippen molar-refractivity contribution in [1.29, 1.82) is 0 Å². The highest BCUT2D eigenvalue weighted by molar-refractivity contribution is 9.10. The molecule has 0 aliphatic carbocycles. The van der Waals surface area contributed by atoms with Crippen LogP contribution in [0.3, 0.4) is 0 Å². The van der Waals surface area contributed by atoms with Gasteiger partial charge in [-0.1, -0.05) is 19.1 Å². The zero-order valence-electron chi connectivity index (χ0n) is 9.48. The van der Waals surface area contributed by atoms with E-state index in [0.29, 0.717) is 6.42 Å². The van der Waals surface area contributed by atoms with Crippen LogP contribution in [0, 0.1) is 5.92 Å². The van der Waals surface area contributed by atoms with Crippen molar-refractivity contribution >= 4 is 27.6 Å². The number of carbonyl (C=O) groups is 1. The van der Waals surface area contributed by atoms with E-state index in [-0.39, 0.29) is 5.92 Å². The maximum Gasteiger partial charge on any atom is 0.306 e. The summed E-state index contributed by atoms with van der Waals surface area (Å²) < 4.78 is 1.03. The minimum Gasteiger partial charge on any atom is -0.481 e. The average Bonchev–Trinajstić information content (AvgIpc) is 2.25. The van der Waals surface area contributed by atoms with Crippen LogP contribution in [-0.4, -0.2) is 24.7 Å². The second kappa shape index (κ2) is 5.89. The number of aliphatic carboxylic acids is 1. The molecule has 0 heterocycles. The van der Waals surface area contributed by atoms with Crippen LogP contribution in [0.15, 0.2) is 28.7 Å². The number of para-hydroxylation sites is 1. The van der Waals surface area contributed by atoms with Gasteiger partial charge in [0.1, 0.15) is 0 Å². The minimum atomic E-state index is -0.736. The normalized spacial score (nSPS) is 12.2. The summed E-state index contributed by atoms with van der Waals surface area (Å²) in [6.07, 6.45) is 0.646. The Labute approximate surface area is 104 Å². The number of rotatable bonds is 5. The summed E-state index contributed by atoms with van der Waals surface area (Å²) in [6, 6.07) is 7.92. The van der Waals surface area contributed by atoms with Crippen molar-refractivity contribution in [2.24, 2.45) is 5.92 Å². The van der Waals surface area contributed by atoms with Gasteiger partial charge in [-0.25, -0.2) is 0 Å². The van der Waals surface area contributed by atoms with Gasteiger partial charge >= 0.3 is 5.97 Å². The van der Waals surface area contributed by atoms with Gasteiger partial charge in [-0.2, -0.15) is 0 Å². The van der Waals surface area contributed by atoms with Gasteiger partial charge in [0.2, 0.25) is 0 Å².